The van der Waals surface area contributed by atoms with Crippen molar-refractivity contribution in [3.8, 4) is 0 Å². The first-order chi connectivity index (χ1) is 9.24. The maximum absolute atomic E-state index is 12.2. The highest BCUT2D eigenvalue weighted by Gasteiger charge is 2.22. The van der Waals surface area contributed by atoms with Gasteiger partial charge in [-0.25, -0.2) is 0 Å². The van der Waals surface area contributed by atoms with Crippen LogP contribution in [0.1, 0.15) is 0 Å². The normalized spacial score (nSPS) is 25.7. The number of amides is 1. The van der Waals surface area contributed by atoms with Crippen LogP contribution in [-0.2, 0) is 9.53 Å². The van der Waals surface area contributed by atoms with Crippen LogP contribution in [0.15, 0.2) is 47.1 Å². The Morgan fingerprint density at radius 1 is 1.47 bits per heavy atom. The number of nitrogens with one attached hydrogen (secondary N) is 1. The van der Waals surface area contributed by atoms with Gasteiger partial charge < -0.3 is 15.0 Å². The molecule has 3 aliphatic rings. The van der Waals surface area contributed by atoms with Crippen molar-refractivity contribution < 1.29 is 9.53 Å². The van der Waals surface area contributed by atoms with E-state index in [2.05, 4.69) is 17.3 Å². The highest BCUT2D eigenvalue weighted by molar-refractivity contribution is 6.00. The molecule has 1 fully saturated rings. The molecule has 1 aliphatic heterocycles. The molecule has 19 heavy (non-hydrogen) atoms. The highest BCUT2D eigenvalue weighted by atomic mass is 16.5. The third-order valence-electron chi connectivity index (χ3n) is 3.65. The molecule has 0 spiro atoms. The van der Waals surface area contributed by atoms with Crippen LogP contribution >= 0.6 is 0 Å². The molecule has 1 heterocycles. The minimum atomic E-state index is -0.0157. The van der Waals surface area contributed by atoms with Gasteiger partial charge in [0.05, 0.1) is 12.7 Å². The summed E-state index contributed by atoms with van der Waals surface area (Å²) in [5.41, 5.74) is 2.90. The fraction of sp³-hybridized carbons (Fsp3) is 0.400. The second-order valence-electron chi connectivity index (χ2n) is 5.11. The van der Waals surface area contributed by atoms with E-state index in [9.17, 15) is 4.79 Å². The summed E-state index contributed by atoms with van der Waals surface area (Å²) in [5, 5.41) is 2.97. The molecule has 1 unspecified atom stereocenters. The van der Waals surface area contributed by atoms with Crippen molar-refractivity contribution in [2.75, 3.05) is 33.3 Å². The maximum atomic E-state index is 12.2. The lowest BCUT2D eigenvalue weighted by atomic mass is 10.1. The number of morpholine rings is 1. The van der Waals surface area contributed by atoms with E-state index in [0.29, 0.717) is 6.54 Å². The molecular weight excluding hydrogens is 240 g/mol. The molecule has 100 valence electrons. The van der Waals surface area contributed by atoms with Gasteiger partial charge in [-0.3, -0.25) is 4.79 Å². The molecule has 0 bridgehead atoms. The van der Waals surface area contributed by atoms with E-state index in [1.165, 1.54) is 0 Å². The lowest BCUT2D eigenvalue weighted by Gasteiger charge is -2.30. The van der Waals surface area contributed by atoms with Gasteiger partial charge in [-0.15, -0.1) is 0 Å². The van der Waals surface area contributed by atoms with Gasteiger partial charge in [0, 0.05) is 25.2 Å². The summed E-state index contributed by atoms with van der Waals surface area (Å²) in [7, 11) is 2.07. The number of hydrogen-bond acceptors (Lipinski definition) is 3. The van der Waals surface area contributed by atoms with Crippen LogP contribution in [-0.4, -0.2) is 50.2 Å². The Balaban J connectivity index is 1.58. The third-order valence-corrected chi connectivity index (χ3v) is 3.65. The summed E-state index contributed by atoms with van der Waals surface area (Å²) < 4.78 is 5.63. The minimum absolute atomic E-state index is 0.0157. The van der Waals surface area contributed by atoms with E-state index in [-0.39, 0.29) is 12.0 Å². The molecule has 0 aromatic carbocycles. The Kier molecular flexibility index (Phi) is 3.36. The Labute approximate surface area is 113 Å². The lowest BCUT2D eigenvalue weighted by molar-refractivity contribution is -0.118. The fourth-order valence-corrected chi connectivity index (χ4v) is 2.58. The Morgan fingerprint density at radius 3 is 3.21 bits per heavy atom. The number of likely N-dealkylation sites (N-methyl/N-ethyl adjacent to an activating group) is 1. The minimum Gasteiger partial charge on any atom is -0.374 e. The van der Waals surface area contributed by atoms with Gasteiger partial charge >= 0.3 is 0 Å². The smallest absolute Gasteiger partial charge is 0.252 e. The summed E-state index contributed by atoms with van der Waals surface area (Å²) in [5.74, 6) is -0.0157. The Morgan fingerprint density at radius 2 is 2.37 bits per heavy atom. The van der Waals surface area contributed by atoms with Gasteiger partial charge in [-0.05, 0) is 24.3 Å². The zero-order valence-corrected chi connectivity index (χ0v) is 11.1. The van der Waals surface area contributed by atoms with E-state index in [0.717, 1.165) is 36.4 Å². The van der Waals surface area contributed by atoms with E-state index in [1.807, 2.05) is 30.4 Å². The molecule has 1 N–H and O–H groups in total. The first-order valence-corrected chi connectivity index (χ1v) is 6.63. The van der Waals surface area contributed by atoms with Gasteiger partial charge in [-0.2, -0.15) is 0 Å². The summed E-state index contributed by atoms with van der Waals surface area (Å²) in [4.78, 5) is 14.4. The number of hydrogen-bond donors (Lipinski definition) is 1. The summed E-state index contributed by atoms with van der Waals surface area (Å²) in [6, 6.07) is 0. The van der Waals surface area contributed by atoms with Crippen molar-refractivity contribution in [1.29, 1.82) is 0 Å². The number of ether oxygens (including phenoxy) is 1. The van der Waals surface area contributed by atoms with Crippen LogP contribution in [0.25, 0.3) is 0 Å². The molecule has 0 radical (unpaired) electrons. The number of fused-ring (bicyclic) bond motifs is 1. The Hall–Kier alpha value is -1.65. The fourth-order valence-electron chi connectivity index (χ4n) is 2.58. The molecular formula is C15H18N2O2. The monoisotopic (exact) mass is 258 g/mol. The van der Waals surface area contributed by atoms with Gasteiger partial charge in [0.15, 0.2) is 0 Å². The van der Waals surface area contributed by atoms with Crippen molar-refractivity contribution in [3.05, 3.63) is 47.1 Å². The van der Waals surface area contributed by atoms with E-state index >= 15 is 0 Å². The standard InChI is InChI=1S/C15H18N2O2/c1-17-7-8-19-12(10-17)9-16-15(18)14-6-5-11-3-2-4-13(11)14/h2-6,12H,7-10H2,1H3,(H,16,18). The first kappa shape index (κ1) is 12.4. The van der Waals surface area contributed by atoms with Gasteiger partial charge in [-0.1, -0.05) is 24.3 Å². The average Bonchev–Trinajstić information content (AvgIpc) is 2.98. The average molecular weight is 258 g/mol. The quantitative estimate of drug-likeness (QED) is 0.814. The van der Waals surface area contributed by atoms with E-state index in [4.69, 9.17) is 4.74 Å². The third kappa shape index (κ3) is 2.55. The van der Waals surface area contributed by atoms with Crippen molar-refractivity contribution in [1.82, 2.24) is 10.2 Å². The zero-order chi connectivity index (χ0) is 13.2. The molecule has 0 aromatic heterocycles. The SMILES string of the molecule is CN1CCOC(CNC(=O)C2=C3C=CC=C3C=C2)C1. The molecule has 1 saturated heterocycles. The van der Waals surface area contributed by atoms with E-state index < -0.39 is 0 Å². The number of nitrogens with zero attached hydrogens (tertiary/aromatic N) is 1. The van der Waals surface area contributed by atoms with Crippen LogP contribution in [0.2, 0.25) is 0 Å². The number of rotatable bonds is 3. The van der Waals surface area contributed by atoms with Crippen LogP contribution in [0.4, 0.5) is 0 Å². The molecule has 2 aliphatic carbocycles. The topological polar surface area (TPSA) is 41.6 Å². The number of carbonyl (C=O) groups excluding carboxylic acids is 1. The van der Waals surface area contributed by atoms with Gasteiger partial charge in [0.25, 0.3) is 5.91 Å². The maximum Gasteiger partial charge on any atom is 0.252 e. The lowest BCUT2D eigenvalue weighted by Crippen LogP contribution is -2.46. The number of carbonyl (C=O) groups is 1. The van der Waals surface area contributed by atoms with Crippen LogP contribution < -0.4 is 5.32 Å². The second-order valence-corrected chi connectivity index (χ2v) is 5.11. The number of allylic oxidation sites excluding steroid dienone is 6. The van der Waals surface area contributed by atoms with Crippen molar-refractivity contribution >= 4 is 5.91 Å². The Bertz CT molecular complexity index is 514. The van der Waals surface area contributed by atoms with Crippen LogP contribution in [0.3, 0.4) is 0 Å². The predicted molar refractivity (Wildman–Crippen MR) is 73.6 cm³/mol. The molecule has 1 amide bonds. The molecule has 4 nitrogen and oxygen atoms in total. The van der Waals surface area contributed by atoms with Crippen molar-refractivity contribution in [2.24, 2.45) is 0 Å². The summed E-state index contributed by atoms with van der Waals surface area (Å²) in [6.07, 6.45) is 9.93. The van der Waals surface area contributed by atoms with Gasteiger partial charge in [0.1, 0.15) is 0 Å². The molecule has 3 rings (SSSR count). The largest absolute Gasteiger partial charge is 0.374 e. The first-order valence-electron chi connectivity index (χ1n) is 6.63. The van der Waals surface area contributed by atoms with Gasteiger partial charge in [0.2, 0.25) is 0 Å². The van der Waals surface area contributed by atoms with Crippen LogP contribution in [0.5, 0.6) is 0 Å². The summed E-state index contributed by atoms with van der Waals surface area (Å²) >= 11 is 0. The zero-order valence-electron chi connectivity index (χ0n) is 11.1. The predicted octanol–water partition coefficient (Wildman–Crippen LogP) is 0.796. The van der Waals surface area contributed by atoms with E-state index in [1.54, 1.807) is 0 Å². The highest BCUT2D eigenvalue weighted by Crippen LogP contribution is 2.29. The molecule has 1 atom stereocenters. The van der Waals surface area contributed by atoms with Crippen molar-refractivity contribution in [2.45, 2.75) is 6.10 Å². The summed E-state index contributed by atoms with van der Waals surface area (Å²) in [6.45, 7) is 3.13. The van der Waals surface area contributed by atoms with Crippen LogP contribution in [0, 0.1) is 0 Å². The molecule has 0 aromatic rings. The molecule has 4 heteroatoms. The second kappa shape index (κ2) is 5.15. The molecule has 0 saturated carbocycles. The van der Waals surface area contributed by atoms with Crippen molar-refractivity contribution in [3.63, 3.8) is 0 Å².